The Morgan fingerprint density at radius 1 is 1.35 bits per heavy atom. The predicted molar refractivity (Wildman–Crippen MR) is 76.9 cm³/mol. The molecule has 1 aromatic heterocycles. The Balaban J connectivity index is 2.03. The second-order valence-corrected chi connectivity index (χ2v) is 7.25. The number of nitrogens with zero attached hydrogens (tertiary/aromatic N) is 1. The molecule has 1 aliphatic rings. The molecule has 0 aromatic carbocycles. The monoisotopic (exact) mass is 301 g/mol. The van der Waals surface area contributed by atoms with E-state index in [0.29, 0.717) is 18.8 Å². The summed E-state index contributed by atoms with van der Waals surface area (Å²) in [6.45, 7) is 0.932. The minimum Gasteiger partial charge on any atom is -0.447 e. The minimum atomic E-state index is -3.57. The van der Waals surface area contributed by atoms with E-state index in [9.17, 15) is 8.42 Å². The Hall–Kier alpha value is -0.890. The van der Waals surface area contributed by atoms with Gasteiger partial charge in [-0.2, -0.15) is 0 Å². The van der Waals surface area contributed by atoms with Crippen molar-refractivity contribution < 1.29 is 12.8 Å². The SMILES string of the molecule is CNCc1ccc(S(=O)(=O)NCC2(N(C)C)CCC2)o1. The highest BCUT2D eigenvalue weighted by Gasteiger charge is 2.40. The molecule has 0 spiro atoms. The third-order valence-corrected chi connectivity index (χ3v) is 5.35. The van der Waals surface area contributed by atoms with Crippen molar-refractivity contribution in [2.24, 2.45) is 0 Å². The quantitative estimate of drug-likeness (QED) is 0.778. The van der Waals surface area contributed by atoms with Gasteiger partial charge in [0.2, 0.25) is 5.09 Å². The largest absolute Gasteiger partial charge is 0.447 e. The highest BCUT2D eigenvalue weighted by atomic mass is 32.2. The van der Waals surface area contributed by atoms with Crippen LogP contribution in [0.1, 0.15) is 25.0 Å². The molecule has 2 rings (SSSR count). The molecule has 114 valence electrons. The lowest BCUT2D eigenvalue weighted by Crippen LogP contribution is -2.57. The van der Waals surface area contributed by atoms with E-state index in [4.69, 9.17) is 4.42 Å². The van der Waals surface area contributed by atoms with Gasteiger partial charge in [0.15, 0.2) is 0 Å². The Morgan fingerprint density at radius 2 is 2.05 bits per heavy atom. The van der Waals surface area contributed by atoms with Crippen LogP contribution >= 0.6 is 0 Å². The molecular weight excluding hydrogens is 278 g/mol. The van der Waals surface area contributed by atoms with Crippen molar-refractivity contribution in [2.45, 2.75) is 36.4 Å². The fourth-order valence-corrected chi connectivity index (χ4v) is 3.50. The first-order valence-electron chi connectivity index (χ1n) is 6.80. The first kappa shape index (κ1) is 15.5. The average molecular weight is 301 g/mol. The van der Waals surface area contributed by atoms with Crippen LogP contribution in [-0.4, -0.2) is 46.5 Å². The van der Waals surface area contributed by atoms with E-state index in [0.717, 1.165) is 19.3 Å². The number of furan rings is 1. The zero-order valence-electron chi connectivity index (χ0n) is 12.3. The van der Waals surface area contributed by atoms with Crippen molar-refractivity contribution in [3.8, 4) is 0 Å². The van der Waals surface area contributed by atoms with Gasteiger partial charge in [0.25, 0.3) is 10.0 Å². The number of rotatable bonds is 7. The van der Waals surface area contributed by atoms with Crippen LogP contribution in [0.5, 0.6) is 0 Å². The van der Waals surface area contributed by atoms with E-state index < -0.39 is 10.0 Å². The predicted octanol–water partition coefficient (Wildman–Crippen LogP) is 0.762. The summed E-state index contributed by atoms with van der Waals surface area (Å²) in [5, 5.41) is 2.90. The Kier molecular flexibility index (Phi) is 4.53. The van der Waals surface area contributed by atoms with Crippen LogP contribution in [0.3, 0.4) is 0 Å². The van der Waals surface area contributed by atoms with Crippen LogP contribution in [0.2, 0.25) is 0 Å². The van der Waals surface area contributed by atoms with E-state index in [1.807, 2.05) is 14.1 Å². The lowest BCUT2D eigenvalue weighted by Gasteiger charge is -2.47. The van der Waals surface area contributed by atoms with Crippen LogP contribution in [0.4, 0.5) is 0 Å². The molecular formula is C13H23N3O3S. The molecule has 1 heterocycles. The van der Waals surface area contributed by atoms with Gasteiger partial charge >= 0.3 is 0 Å². The fourth-order valence-electron chi connectivity index (χ4n) is 2.44. The molecule has 0 bridgehead atoms. The zero-order valence-corrected chi connectivity index (χ0v) is 13.1. The smallest absolute Gasteiger partial charge is 0.274 e. The minimum absolute atomic E-state index is 0.0176. The summed E-state index contributed by atoms with van der Waals surface area (Å²) in [5.41, 5.74) is -0.0481. The van der Waals surface area contributed by atoms with Crippen molar-refractivity contribution in [1.82, 2.24) is 14.9 Å². The maximum Gasteiger partial charge on any atom is 0.274 e. The number of nitrogens with one attached hydrogen (secondary N) is 2. The second-order valence-electron chi connectivity index (χ2n) is 5.55. The van der Waals surface area contributed by atoms with Crippen LogP contribution < -0.4 is 10.0 Å². The number of likely N-dealkylation sites (N-methyl/N-ethyl adjacent to an activating group) is 1. The Labute approximate surface area is 120 Å². The zero-order chi connectivity index (χ0) is 14.8. The summed E-state index contributed by atoms with van der Waals surface area (Å²) in [7, 11) is 2.20. The molecule has 1 saturated carbocycles. The standard InChI is InChI=1S/C13H23N3O3S/c1-14-9-11-5-6-12(19-11)20(17,18)15-10-13(16(2)3)7-4-8-13/h5-6,14-15H,4,7-10H2,1-3H3. The van der Waals surface area contributed by atoms with E-state index >= 15 is 0 Å². The Bertz CT molecular complexity index is 547. The van der Waals surface area contributed by atoms with Gasteiger partial charge in [0.05, 0.1) is 6.54 Å². The normalized spacial score (nSPS) is 18.2. The third kappa shape index (κ3) is 3.06. The van der Waals surface area contributed by atoms with Gasteiger partial charge in [-0.1, -0.05) is 0 Å². The van der Waals surface area contributed by atoms with Gasteiger partial charge in [-0.3, -0.25) is 0 Å². The van der Waals surface area contributed by atoms with Crippen molar-refractivity contribution in [2.75, 3.05) is 27.7 Å². The molecule has 6 nitrogen and oxygen atoms in total. The molecule has 20 heavy (non-hydrogen) atoms. The first-order chi connectivity index (χ1) is 9.39. The summed E-state index contributed by atoms with van der Waals surface area (Å²) < 4.78 is 32.4. The highest BCUT2D eigenvalue weighted by molar-refractivity contribution is 7.89. The van der Waals surface area contributed by atoms with Crippen molar-refractivity contribution in [3.63, 3.8) is 0 Å². The van der Waals surface area contributed by atoms with Crippen LogP contribution in [-0.2, 0) is 16.6 Å². The van der Waals surface area contributed by atoms with Crippen LogP contribution in [0, 0.1) is 0 Å². The summed E-state index contributed by atoms with van der Waals surface area (Å²) in [4.78, 5) is 2.10. The molecule has 0 unspecified atom stereocenters. The molecule has 1 fully saturated rings. The van der Waals surface area contributed by atoms with Gasteiger partial charge in [-0.05, 0) is 52.5 Å². The van der Waals surface area contributed by atoms with Gasteiger partial charge in [0.1, 0.15) is 5.76 Å². The molecule has 0 radical (unpaired) electrons. The molecule has 2 N–H and O–H groups in total. The molecule has 0 atom stereocenters. The molecule has 1 aromatic rings. The molecule has 0 amide bonds. The van der Waals surface area contributed by atoms with E-state index in [2.05, 4.69) is 14.9 Å². The number of hydrogen-bond donors (Lipinski definition) is 2. The average Bonchev–Trinajstić information content (AvgIpc) is 2.76. The number of sulfonamides is 1. The molecule has 7 heteroatoms. The fraction of sp³-hybridized carbons (Fsp3) is 0.692. The van der Waals surface area contributed by atoms with Gasteiger partial charge in [-0.25, -0.2) is 13.1 Å². The van der Waals surface area contributed by atoms with Crippen LogP contribution in [0.25, 0.3) is 0 Å². The van der Waals surface area contributed by atoms with E-state index in [-0.39, 0.29) is 10.6 Å². The summed E-state index contributed by atoms with van der Waals surface area (Å²) >= 11 is 0. The highest BCUT2D eigenvalue weighted by Crippen LogP contribution is 2.35. The summed E-state index contributed by atoms with van der Waals surface area (Å²) in [5.74, 6) is 0.610. The second kappa shape index (κ2) is 5.85. The van der Waals surface area contributed by atoms with Crippen LogP contribution in [0.15, 0.2) is 21.6 Å². The number of hydrogen-bond acceptors (Lipinski definition) is 5. The van der Waals surface area contributed by atoms with E-state index in [1.165, 1.54) is 6.07 Å². The lowest BCUT2D eigenvalue weighted by molar-refractivity contribution is 0.0656. The first-order valence-corrected chi connectivity index (χ1v) is 8.28. The van der Waals surface area contributed by atoms with Gasteiger partial charge in [0, 0.05) is 12.1 Å². The molecule has 0 aliphatic heterocycles. The lowest BCUT2D eigenvalue weighted by atomic mass is 9.76. The van der Waals surface area contributed by atoms with Crippen molar-refractivity contribution >= 4 is 10.0 Å². The van der Waals surface area contributed by atoms with Crippen molar-refractivity contribution in [1.29, 1.82) is 0 Å². The maximum absolute atomic E-state index is 12.2. The van der Waals surface area contributed by atoms with Gasteiger partial charge in [-0.15, -0.1) is 0 Å². The van der Waals surface area contributed by atoms with Crippen molar-refractivity contribution in [3.05, 3.63) is 17.9 Å². The third-order valence-electron chi connectivity index (χ3n) is 4.08. The topological polar surface area (TPSA) is 74.6 Å². The van der Waals surface area contributed by atoms with Gasteiger partial charge < -0.3 is 14.6 Å². The van der Waals surface area contributed by atoms with E-state index in [1.54, 1.807) is 13.1 Å². The molecule has 0 saturated heterocycles. The summed E-state index contributed by atoms with van der Waals surface area (Å²) in [6.07, 6.45) is 3.18. The summed E-state index contributed by atoms with van der Waals surface area (Å²) in [6, 6.07) is 3.17. The molecule has 1 aliphatic carbocycles. The maximum atomic E-state index is 12.2. The Morgan fingerprint density at radius 3 is 2.55 bits per heavy atom.